The van der Waals surface area contributed by atoms with Crippen molar-refractivity contribution in [3.8, 4) is 0 Å². The van der Waals surface area contributed by atoms with E-state index in [1.54, 1.807) is 0 Å². The van der Waals surface area contributed by atoms with Gasteiger partial charge in [-0.2, -0.15) is 0 Å². The van der Waals surface area contributed by atoms with Crippen molar-refractivity contribution < 1.29 is 80.2 Å². The number of phosphoric acid groups is 2. The van der Waals surface area contributed by atoms with Gasteiger partial charge in [-0.25, -0.2) is 9.13 Å². The van der Waals surface area contributed by atoms with E-state index >= 15 is 0 Å². The summed E-state index contributed by atoms with van der Waals surface area (Å²) in [6.45, 7) is 9.54. The lowest BCUT2D eigenvalue weighted by Crippen LogP contribution is -2.30. The molecular weight excluding hydrogens is 1340 g/mol. The lowest BCUT2D eigenvalue weighted by molar-refractivity contribution is -0.161. The van der Waals surface area contributed by atoms with Gasteiger partial charge in [0.15, 0.2) is 12.2 Å². The van der Waals surface area contributed by atoms with Gasteiger partial charge in [0.25, 0.3) is 0 Å². The maximum absolute atomic E-state index is 13.1. The Balaban J connectivity index is 5.18. The van der Waals surface area contributed by atoms with Gasteiger partial charge < -0.3 is 33.8 Å². The summed E-state index contributed by atoms with van der Waals surface area (Å²) in [7, 11) is -9.92. The molecule has 19 heteroatoms. The van der Waals surface area contributed by atoms with Crippen LogP contribution in [-0.2, 0) is 65.4 Å². The minimum Gasteiger partial charge on any atom is -0.462 e. The van der Waals surface area contributed by atoms with Crippen molar-refractivity contribution in [2.45, 2.75) is 464 Å². The van der Waals surface area contributed by atoms with Gasteiger partial charge in [0.1, 0.15) is 19.3 Å². The van der Waals surface area contributed by atoms with E-state index in [1.807, 2.05) is 0 Å². The summed E-state index contributed by atoms with van der Waals surface area (Å²) < 4.78 is 68.7. The van der Waals surface area contributed by atoms with Crippen molar-refractivity contribution in [1.82, 2.24) is 0 Å². The van der Waals surface area contributed by atoms with Crippen molar-refractivity contribution in [2.75, 3.05) is 39.6 Å². The highest BCUT2D eigenvalue weighted by molar-refractivity contribution is 7.47. The average Bonchev–Trinajstić information content (AvgIpc) is 0.991. The molecule has 2 unspecified atom stereocenters. The zero-order valence-electron chi connectivity index (χ0n) is 67.6. The molecule has 0 amide bonds. The van der Waals surface area contributed by atoms with Crippen molar-refractivity contribution in [1.29, 1.82) is 0 Å². The SMILES string of the molecule is CCCCCCCCCCCCCCCCCCCCCCCC(=O)OC[C@H](COP(=O)(O)OC[C@@H](O)COP(=O)(O)OC[C@@H](COC(=O)CCCCCCCCCC(C)C)OC(=O)CCCCCCCCCCC(C)C)OC(=O)CCCCCCCCCCCCCCCCCCCCCCC. The molecule has 3 N–H and O–H groups in total. The normalized spacial score (nSPS) is 13.9. The molecule has 0 fully saturated rings. The molecular formula is C84H164O17P2. The predicted molar refractivity (Wildman–Crippen MR) is 423 cm³/mol. The van der Waals surface area contributed by atoms with Crippen LogP contribution in [0.15, 0.2) is 0 Å². The number of esters is 4. The van der Waals surface area contributed by atoms with Gasteiger partial charge in [0.2, 0.25) is 0 Å². The molecule has 0 aliphatic rings. The minimum atomic E-state index is -4.96. The first-order valence-electron chi connectivity index (χ1n) is 43.5. The molecule has 0 aromatic rings. The number of aliphatic hydroxyl groups is 1. The van der Waals surface area contributed by atoms with Gasteiger partial charge in [-0.15, -0.1) is 0 Å². The van der Waals surface area contributed by atoms with Crippen LogP contribution in [0.3, 0.4) is 0 Å². The molecule has 103 heavy (non-hydrogen) atoms. The van der Waals surface area contributed by atoms with E-state index in [9.17, 15) is 43.2 Å². The molecule has 0 aromatic heterocycles. The quantitative estimate of drug-likeness (QED) is 0.0222. The Morgan fingerprint density at radius 3 is 0.660 bits per heavy atom. The summed E-state index contributed by atoms with van der Waals surface area (Å²) in [6, 6.07) is 0. The zero-order valence-corrected chi connectivity index (χ0v) is 69.4. The van der Waals surface area contributed by atoms with E-state index in [1.165, 1.54) is 257 Å². The third-order valence-electron chi connectivity index (χ3n) is 19.7. The fraction of sp³-hybridized carbons (Fsp3) is 0.952. The second-order valence-corrected chi connectivity index (χ2v) is 34.1. The van der Waals surface area contributed by atoms with Crippen LogP contribution < -0.4 is 0 Å². The van der Waals surface area contributed by atoms with Gasteiger partial charge in [0.05, 0.1) is 26.4 Å². The summed E-state index contributed by atoms with van der Waals surface area (Å²) in [5.41, 5.74) is 0. The Morgan fingerprint density at radius 1 is 0.262 bits per heavy atom. The van der Waals surface area contributed by atoms with E-state index in [4.69, 9.17) is 37.0 Å². The molecule has 5 atom stereocenters. The second-order valence-electron chi connectivity index (χ2n) is 31.2. The van der Waals surface area contributed by atoms with Crippen LogP contribution in [0.5, 0.6) is 0 Å². The largest absolute Gasteiger partial charge is 0.472 e. The number of carbonyl (C=O) groups is 4. The Kier molecular flexibility index (Phi) is 74.1. The second kappa shape index (κ2) is 75.5. The van der Waals surface area contributed by atoms with E-state index in [0.717, 1.165) is 102 Å². The van der Waals surface area contributed by atoms with Crippen molar-refractivity contribution >= 4 is 39.5 Å². The third-order valence-corrected chi connectivity index (χ3v) is 21.6. The zero-order chi connectivity index (χ0) is 75.6. The standard InChI is InChI=1S/C84H164O17P2/c1-7-9-11-13-15-17-19-21-23-25-27-29-31-33-35-37-39-41-48-54-60-66-81(86)94-72-79(100-83(88)68-62-56-49-42-40-38-36-34-32-30-28-26-24-22-20-18-16-14-12-10-8-2)74-98-102(90,91)96-70-78(85)71-97-103(92,93)99-75-80(73-95-82(87)67-61-55-51-45-47-53-59-65-77(5)6)101-84(89)69-63-57-50-44-43-46-52-58-64-76(3)4/h76-80,85H,7-75H2,1-6H3,(H,90,91)(H,92,93)/t78-,79-,80-/m1/s1. The Hall–Kier alpha value is -1.94. The minimum absolute atomic E-state index is 0.104. The van der Waals surface area contributed by atoms with E-state index in [0.29, 0.717) is 31.6 Å². The topological polar surface area (TPSA) is 237 Å². The summed E-state index contributed by atoms with van der Waals surface area (Å²) in [5, 5.41) is 10.6. The average molecular weight is 1510 g/mol. The fourth-order valence-corrected chi connectivity index (χ4v) is 14.6. The number of unbranched alkanes of at least 4 members (excludes halogenated alkanes) is 53. The molecule has 0 aliphatic heterocycles. The Labute approximate surface area is 632 Å². The summed E-state index contributed by atoms with van der Waals surface area (Å²) in [5.74, 6) is -0.688. The summed E-state index contributed by atoms with van der Waals surface area (Å²) >= 11 is 0. The number of ether oxygens (including phenoxy) is 4. The number of carbonyl (C=O) groups excluding carboxylic acids is 4. The number of aliphatic hydroxyl groups excluding tert-OH is 1. The monoisotopic (exact) mass is 1510 g/mol. The van der Waals surface area contributed by atoms with Gasteiger partial charge in [-0.3, -0.25) is 37.3 Å². The van der Waals surface area contributed by atoms with Crippen LogP contribution in [0, 0.1) is 11.8 Å². The van der Waals surface area contributed by atoms with Crippen molar-refractivity contribution in [3.05, 3.63) is 0 Å². The Morgan fingerprint density at radius 2 is 0.447 bits per heavy atom. The van der Waals surface area contributed by atoms with Gasteiger partial charge >= 0.3 is 39.5 Å². The van der Waals surface area contributed by atoms with Crippen LogP contribution in [0.4, 0.5) is 0 Å². The first-order valence-corrected chi connectivity index (χ1v) is 46.5. The lowest BCUT2D eigenvalue weighted by atomic mass is 10.0. The number of hydrogen-bond acceptors (Lipinski definition) is 15. The highest BCUT2D eigenvalue weighted by atomic mass is 31.2. The molecule has 0 bridgehead atoms. The molecule has 0 saturated heterocycles. The van der Waals surface area contributed by atoms with E-state index < -0.39 is 97.5 Å². The molecule has 0 radical (unpaired) electrons. The maximum Gasteiger partial charge on any atom is 0.472 e. The molecule has 0 aliphatic carbocycles. The smallest absolute Gasteiger partial charge is 0.462 e. The van der Waals surface area contributed by atoms with Crippen molar-refractivity contribution in [2.24, 2.45) is 11.8 Å². The van der Waals surface area contributed by atoms with Gasteiger partial charge in [-0.05, 0) is 37.5 Å². The highest BCUT2D eigenvalue weighted by Crippen LogP contribution is 2.45. The van der Waals surface area contributed by atoms with E-state index in [2.05, 4.69) is 41.5 Å². The van der Waals surface area contributed by atoms with Gasteiger partial charge in [0, 0.05) is 25.7 Å². The molecule has 0 rings (SSSR count). The molecule has 0 aromatic carbocycles. The van der Waals surface area contributed by atoms with Crippen LogP contribution in [-0.4, -0.2) is 96.7 Å². The number of phosphoric ester groups is 2. The predicted octanol–water partition coefficient (Wildman–Crippen LogP) is 25.5. The van der Waals surface area contributed by atoms with Crippen LogP contribution in [0.2, 0.25) is 0 Å². The fourth-order valence-electron chi connectivity index (χ4n) is 13.1. The molecule has 0 spiro atoms. The van der Waals surface area contributed by atoms with Crippen LogP contribution in [0.1, 0.15) is 446 Å². The maximum atomic E-state index is 13.1. The third kappa shape index (κ3) is 78.0. The van der Waals surface area contributed by atoms with Crippen LogP contribution >= 0.6 is 15.6 Å². The highest BCUT2D eigenvalue weighted by Gasteiger charge is 2.30. The Bertz CT molecular complexity index is 1980. The summed E-state index contributed by atoms with van der Waals surface area (Å²) in [6.07, 6.45) is 67.1. The summed E-state index contributed by atoms with van der Waals surface area (Å²) in [4.78, 5) is 73.0. The van der Waals surface area contributed by atoms with Crippen LogP contribution in [0.25, 0.3) is 0 Å². The molecule has 612 valence electrons. The molecule has 0 heterocycles. The van der Waals surface area contributed by atoms with E-state index in [-0.39, 0.29) is 25.7 Å². The van der Waals surface area contributed by atoms with Gasteiger partial charge in [-0.1, -0.05) is 395 Å². The number of hydrogen-bond donors (Lipinski definition) is 3. The lowest BCUT2D eigenvalue weighted by Gasteiger charge is -2.21. The first kappa shape index (κ1) is 101. The molecule has 0 saturated carbocycles. The number of rotatable bonds is 83. The van der Waals surface area contributed by atoms with Crippen molar-refractivity contribution in [3.63, 3.8) is 0 Å². The first-order chi connectivity index (χ1) is 49.9. The molecule has 17 nitrogen and oxygen atoms in total.